The van der Waals surface area contributed by atoms with Crippen molar-refractivity contribution in [3.8, 4) is 34.5 Å². The van der Waals surface area contributed by atoms with E-state index < -0.39 is 23.1 Å². The van der Waals surface area contributed by atoms with Crippen molar-refractivity contribution < 1.29 is 47.6 Å². The van der Waals surface area contributed by atoms with Crippen LogP contribution in [-0.2, 0) is 9.59 Å². The van der Waals surface area contributed by atoms with Gasteiger partial charge in [0.25, 0.3) is 0 Å². The normalized spacial score (nSPS) is 12.9. The van der Waals surface area contributed by atoms with Gasteiger partial charge in [-0.05, 0) is 30.7 Å². The van der Waals surface area contributed by atoms with Crippen LogP contribution in [0.25, 0.3) is 0 Å². The van der Waals surface area contributed by atoms with Gasteiger partial charge in [-0.3, -0.25) is 19.2 Å². The van der Waals surface area contributed by atoms with Gasteiger partial charge in [0.2, 0.25) is 48.2 Å². The van der Waals surface area contributed by atoms with E-state index in [0.717, 1.165) is 0 Å². The van der Waals surface area contributed by atoms with Crippen molar-refractivity contribution in [3.05, 3.63) is 35.4 Å². The summed E-state index contributed by atoms with van der Waals surface area (Å²) < 4.78 is 31.4. The molecule has 0 bridgehead atoms. The summed E-state index contributed by atoms with van der Waals surface area (Å²) in [5, 5.41) is 0. The molecule has 0 radical (unpaired) electrons. The van der Waals surface area contributed by atoms with Crippen LogP contribution < -0.4 is 28.4 Å². The molecular weight excluding hydrogens is 436 g/mol. The van der Waals surface area contributed by atoms with Crippen LogP contribution in [0.2, 0.25) is 0 Å². The summed E-state index contributed by atoms with van der Waals surface area (Å²) in [6.07, 6.45) is -0.351. The minimum absolute atomic E-state index is 0.0112. The highest BCUT2D eigenvalue weighted by atomic mass is 16.7. The number of Topliss-reactive ketones (excluding diaryl/α,β-unsaturated/α-hetero) is 4. The number of ether oxygens (including phenoxy) is 6. The van der Waals surface area contributed by atoms with Crippen LogP contribution in [0.15, 0.2) is 24.3 Å². The maximum atomic E-state index is 12.5. The summed E-state index contributed by atoms with van der Waals surface area (Å²) in [6.45, 7) is -0.0225. The standard InChI is InChI=1S/C23H20O10/c1-28-16-6-12(8-18-22(16)32-10-30-18)20(26)14(24)4-3-5-15(25)21(27)13-7-17(29-2)23-19(9-13)31-11-33-23/h6-9H,3-5,10-11H2,1-2H3. The zero-order valence-electron chi connectivity index (χ0n) is 17.9. The molecule has 0 aliphatic carbocycles. The molecule has 2 aromatic rings. The molecule has 4 rings (SSSR count). The Balaban J connectivity index is 1.36. The summed E-state index contributed by atoms with van der Waals surface area (Å²) in [5.41, 5.74) is 0.187. The van der Waals surface area contributed by atoms with Gasteiger partial charge in [0.05, 0.1) is 14.2 Å². The predicted molar refractivity (Wildman–Crippen MR) is 111 cm³/mol. The summed E-state index contributed by atoms with van der Waals surface area (Å²) in [5.74, 6) is -0.965. The maximum absolute atomic E-state index is 12.5. The topological polar surface area (TPSA) is 124 Å². The van der Waals surface area contributed by atoms with E-state index in [2.05, 4.69) is 0 Å². The molecule has 0 spiro atoms. The molecule has 0 fully saturated rings. The molecule has 2 aromatic carbocycles. The molecule has 10 nitrogen and oxygen atoms in total. The van der Waals surface area contributed by atoms with Crippen LogP contribution in [0.4, 0.5) is 0 Å². The number of rotatable bonds is 10. The lowest BCUT2D eigenvalue weighted by Gasteiger charge is -2.08. The summed E-state index contributed by atoms with van der Waals surface area (Å²) >= 11 is 0. The second-order valence-corrected chi connectivity index (χ2v) is 7.18. The van der Waals surface area contributed by atoms with Gasteiger partial charge < -0.3 is 28.4 Å². The number of ketones is 4. The highest BCUT2D eigenvalue weighted by molar-refractivity contribution is 6.45. The Morgan fingerprint density at radius 2 is 1.12 bits per heavy atom. The van der Waals surface area contributed by atoms with E-state index in [9.17, 15) is 19.2 Å². The molecule has 0 atom stereocenters. The molecule has 2 heterocycles. The molecule has 0 saturated heterocycles. The fourth-order valence-electron chi connectivity index (χ4n) is 3.48. The first-order valence-corrected chi connectivity index (χ1v) is 10.0. The van der Waals surface area contributed by atoms with Crippen LogP contribution in [0.3, 0.4) is 0 Å². The Morgan fingerprint density at radius 1 is 0.697 bits per heavy atom. The summed E-state index contributed by atoms with van der Waals surface area (Å²) in [6, 6.07) is 5.62. The Bertz CT molecular complexity index is 1060. The molecule has 10 heteroatoms. The molecule has 0 amide bonds. The van der Waals surface area contributed by atoms with Crippen LogP contribution in [-0.4, -0.2) is 50.9 Å². The fraction of sp³-hybridized carbons (Fsp3) is 0.304. The second kappa shape index (κ2) is 9.19. The monoisotopic (exact) mass is 456 g/mol. The number of methoxy groups -OCH3 is 2. The van der Waals surface area contributed by atoms with Gasteiger partial charge in [-0.25, -0.2) is 0 Å². The number of benzene rings is 2. The van der Waals surface area contributed by atoms with E-state index >= 15 is 0 Å². The van der Waals surface area contributed by atoms with Gasteiger partial charge in [0.1, 0.15) is 0 Å². The van der Waals surface area contributed by atoms with Crippen molar-refractivity contribution >= 4 is 23.1 Å². The third kappa shape index (κ3) is 4.32. The van der Waals surface area contributed by atoms with Crippen LogP contribution in [0.1, 0.15) is 40.0 Å². The number of fused-ring (bicyclic) bond motifs is 2. The first kappa shape index (κ1) is 22.1. The van der Waals surface area contributed by atoms with E-state index in [4.69, 9.17) is 28.4 Å². The van der Waals surface area contributed by atoms with Gasteiger partial charge in [-0.15, -0.1) is 0 Å². The molecule has 33 heavy (non-hydrogen) atoms. The molecule has 0 saturated carbocycles. The molecular formula is C23H20O10. The molecule has 172 valence electrons. The number of hydrogen-bond acceptors (Lipinski definition) is 10. The third-order valence-electron chi connectivity index (χ3n) is 5.16. The van der Waals surface area contributed by atoms with Crippen molar-refractivity contribution in [3.63, 3.8) is 0 Å². The van der Waals surface area contributed by atoms with Crippen LogP contribution in [0, 0.1) is 0 Å². The number of hydrogen-bond donors (Lipinski definition) is 0. The smallest absolute Gasteiger partial charge is 0.231 e. The number of carbonyl (C=O) groups is 4. The zero-order valence-corrected chi connectivity index (χ0v) is 17.9. The van der Waals surface area contributed by atoms with Crippen molar-refractivity contribution in [2.24, 2.45) is 0 Å². The van der Waals surface area contributed by atoms with Crippen molar-refractivity contribution in [2.75, 3.05) is 27.8 Å². The maximum Gasteiger partial charge on any atom is 0.231 e. The van der Waals surface area contributed by atoms with Crippen molar-refractivity contribution in [2.45, 2.75) is 19.3 Å². The van der Waals surface area contributed by atoms with Crippen molar-refractivity contribution in [1.29, 1.82) is 0 Å². The zero-order chi connectivity index (χ0) is 23.5. The van der Waals surface area contributed by atoms with Gasteiger partial charge in [-0.1, -0.05) is 0 Å². The van der Waals surface area contributed by atoms with E-state index in [1.54, 1.807) is 0 Å². The highest BCUT2D eigenvalue weighted by Crippen LogP contribution is 2.43. The average Bonchev–Trinajstić information content (AvgIpc) is 3.50. The van der Waals surface area contributed by atoms with Crippen molar-refractivity contribution in [1.82, 2.24) is 0 Å². The Kier molecular flexibility index (Phi) is 6.16. The van der Waals surface area contributed by atoms with Gasteiger partial charge in [0, 0.05) is 24.0 Å². The predicted octanol–water partition coefficient (Wildman–Crippen LogP) is 2.54. The van der Waals surface area contributed by atoms with Gasteiger partial charge >= 0.3 is 0 Å². The lowest BCUT2D eigenvalue weighted by Crippen LogP contribution is -2.17. The Morgan fingerprint density at radius 3 is 1.52 bits per heavy atom. The molecule has 0 N–H and O–H groups in total. The lowest BCUT2D eigenvalue weighted by molar-refractivity contribution is -0.116. The summed E-state index contributed by atoms with van der Waals surface area (Å²) in [7, 11) is 2.82. The van der Waals surface area contributed by atoms with Gasteiger partial charge in [-0.2, -0.15) is 0 Å². The minimum Gasteiger partial charge on any atom is -0.493 e. The van der Waals surface area contributed by atoms with E-state index in [0.29, 0.717) is 23.0 Å². The number of carbonyl (C=O) groups excluding carboxylic acids is 4. The SMILES string of the molecule is COc1cc(C(=O)C(=O)CCCC(=O)C(=O)c2cc(OC)c3c(c2)OCO3)cc2c1OCO2. The largest absolute Gasteiger partial charge is 0.493 e. The van der Waals surface area contributed by atoms with Crippen LogP contribution in [0.5, 0.6) is 34.5 Å². The minimum atomic E-state index is -0.745. The summed E-state index contributed by atoms with van der Waals surface area (Å²) in [4.78, 5) is 49.8. The second-order valence-electron chi connectivity index (χ2n) is 7.18. The lowest BCUT2D eigenvalue weighted by atomic mass is 9.99. The molecule has 0 aromatic heterocycles. The van der Waals surface area contributed by atoms with E-state index in [1.165, 1.54) is 38.5 Å². The molecule has 2 aliphatic heterocycles. The first-order valence-electron chi connectivity index (χ1n) is 10.0. The fourth-order valence-corrected chi connectivity index (χ4v) is 3.48. The average molecular weight is 456 g/mol. The molecule has 2 aliphatic rings. The Hall–Kier alpha value is -4.08. The van der Waals surface area contributed by atoms with E-state index in [1.807, 2.05) is 0 Å². The van der Waals surface area contributed by atoms with E-state index in [-0.39, 0.29) is 55.5 Å². The quantitative estimate of drug-likeness (QED) is 0.389. The molecule has 0 unspecified atom stereocenters. The Labute approximate surface area is 188 Å². The van der Waals surface area contributed by atoms with Crippen LogP contribution >= 0.6 is 0 Å². The third-order valence-corrected chi connectivity index (χ3v) is 5.16. The van der Waals surface area contributed by atoms with Gasteiger partial charge in [0.15, 0.2) is 23.0 Å². The highest BCUT2D eigenvalue weighted by Gasteiger charge is 2.27. The first-order chi connectivity index (χ1) is 15.9.